The molecule has 128 valence electrons. The normalized spacial score (nSPS) is 12.0. The van der Waals surface area contributed by atoms with Crippen LogP contribution >= 0.6 is 12.2 Å². The second kappa shape index (κ2) is 8.81. The molecule has 0 spiro atoms. The Hall–Kier alpha value is -1.91. The number of nitrogens with zero attached hydrogens (tertiary/aromatic N) is 1. The third kappa shape index (κ3) is 5.32. The third-order valence-electron chi connectivity index (χ3n) is 4.16. The number of aryl methyl sites for hydroxylation is 2. The van der Waals surface area contributed by atoms with Crippen molar-refractivity contribution in [3.63, 3.8) is 0 Å². The quantitative estimate of drug-likeness (QED) is 0.772. The number of rotatable bonds is 6. The van der Waals surface area contributed by atoms with E-state index >= 15 is 0 Å². The molecule has 0 fully saturated rings. The van der Waals surface area contributed by atoms with Crippen molar-refractivity contribution in [2.75, 3.05) is 26.0 Å². The molecule has 24 heavy (non-hydrogen) atoms. The van der Waals surface area contributed by atoms with Gasteiger partial charge in [0.1, 0.15) is 0 Å². The van der Waals surface area contributed by atoms with E-state index in [9.17, 15) is 0 Å². The second-order valence-corrected chi connectivity index (χ2v) is 6.68. The standard InChI is InChI=1S/C20H27N3S/c1-5-16-8-10-17(11-9-16)19(23(3)4)14-21-20(24)22-18-12-6-15(2)7-13-18/h6-13,19H,5,14H2,1-4H3,(H2,21,22,24)/t19-/m1/s1. The Morgan fingerprint density at radius 2 is 1.67 bits per heavy atom. The van der Waals surface area contributed by atoms with Crippen molar-refractivity contribution >= 4 is 23.0 Å². The van der Waals surface area contributed by atoms with E-state index in [-0.39, 0.29) is 6.04 Å². The first-order chi connectivity index (χ1) is 11.5. The highest BCUT2D eigenvalue weighted by molar-refractivity contribution is 7.80. The molecular formula is C20H27N3S. The first-order valence-corrected chi connectivity index (χ1v) is 8.77. The maximum absolute atomic E-state index is 5.42. The Morgan fingerprint density at radius 3 is 2.21 bits per heavy atom. The molecule has 0 radical (unpaired) electrons. The molecular weight excluding hydrogens is 314 g/mol. The van der Waals surface area contributed by atoms with Crippen LogP contribution < -0.4 is 10.6 Å². The topological polar surface area (TPSA) is 27.3 Å². The van der Waals surface area contributed by atoms with Gasteiger partial charge in [0, 0.05) is 12.2 Å². The van der Waals surface area contributed by atoms with E-state index in [4.69, 9.17) is 12.2 Å². The molecule has 2 N–H and O–H groups in total. The van der Waals surface area contributed by atoms with Gasteiger partial charge in [0.2, 0.25) is 0 Å². The molecule has 2 rings (SSSR count). The van der Waals surface area contributed by atoms with Crippen molar-refractivity contribution in [2.24, 2.45) is 0 Å². The van der Waals surface area contributed by atoms with E-state index in [2.05, 4.69) is 79.9 Å². The molecule has 4 heteroatoms. The van der Waals surface area contributed by atoms with Crippen LogP contribution in [0.2, 0.25) is 0 Å². The van der Waals surface area contributed by atoms with Crippen LogP contribution in [0, 0.1) is 6.92 Å². The molecule has 0 saturated carbocycles. The van der Waals surface area contributed by atoms with E-state index < -0.39 is 0 Å². The maximum Gasteiger partial charge on any atom is 0.170 e. The van der Waals surface area contributed by atoms with Crippen molar-refractivity contribution < 1.29 is 0 Å². The van der Waals surface area contributed by atoms with Gasteiger partial charge in [-0.2, -0.15) is 0 Å². The largest absolute Gasteiger partial charge is 0.361 e. The summed E-state index contributed by atoms with van der Waals surface area (Å²) >= 11 is 5.42. The van der Waals surface area contributed by atoms with Crippen LogP contribution in [0.3, 0.4) is 0 Å². The molecule has 2 aromatic carbocycles. The van der Waals surface area contributed by atoms with Crippen molar-refractivity contribution in [2.45, 2.75) is 26.3 Å². The monoisotopic (exact) mass is 341 g/mol. The molecule has 0 aliphatic rings. The van der Waals surface area contributed by atoms with Crippen molar-refractivity contribution in [3.05, 3.63) is 65.2 Å². The lowest BCUT2D eigenvalue weighted by Gasteiger charge is -2.26. The predicted octanol–water partition coefficient (Wildman–Crippen LogP) is 4.15. The van der Waals surface area contributed by atoms with Gasteiger partial charge in [-0.3, -0.25) is 0 Å². The van der Waals surface area contributed by atoms with E-state index in [0.29, 0.717) is 5.11 Å². The van der Waals surface area contributed by atoms with E-state index in [1.54, 1.807) is 0 Å². The molecule has 1 atom stereocenters. The van der Waals surface area contributed by atoms with Crippen LogP contribution in [0.5, 0.6) is 0 Å². The van der Waals surface area contributed by atoms with Crippen LogP contribution in [0.4, 0.5) is 5.69 Å². The molecule has 2 aromatic rings. The van der Waals surface area contributed by atoms with Gasteiger partial charge in [-0.1, -0.05) is 48.9 Å². The summed E-state index contributed by atoms with van der Waals surface area (Å²) in [5, 5.41) is 7.22. The van der Waals surface area contributed by atoms with Crippen LogP contribution in [0.1, 0.15) is 29.7 Å². The number of anilines is 1. The molecule has 3 nitrogen and oxygen atoms in total. The summed E-state index contributed by atoms with van der Waals surface area (Å²) < 4.78 is 0. The van der Waals surface area contributed by atoms with Crippen LogP contribution in [-0.4, -0.2) is 30.7 Å². The average Bonchev–Trinajstić information content (AvgIpc) is 2.57. The minimum absolute atomic E-state index is 0.272. The van der Waals surface area contributed by atoms with Crippen LogP contribution in [0.25, 0.3) is 0 Å². The summed E-state index contributed by atoms with van der Waals surface area (Å²) in [5.74, 6) is 0. The Balaban J connectivity index is 1.95. The number of benzene rings is 2. The van der Waals surface area contributed by atoms with Gasteiger partial charge in [-0.05, 0) is 62.9 Å². The lowest BCUT2D eigenvalue weighted by Crippen LogP contribution is -2.36. The lowest BCUT2D eigenvalue weighted by atomic mass is 10.0. The molecule has 0 heterocycles. The predicted molar refractivity (Wildman–Crippen MR) is 108 cm³/mol. The van der Waals surface area contributed by atoms with Gasteiger partial charge >= 0.3 is 0 Å². The Kier molecular flexibility index (Phi) is 6.76. The average molecular weight is 342 g/mol. The SMILES string of the molecule is CCc1ccc([C@@H](CNC(=S)Nc2ccc(C)cc2)N(C)C)cc1. The summed E-state index contributed by atoms with van der Waals surface area (Å²) in [7, 11) is 4.19. The highest BCUT2D eigenvalue weighted by Gasteiger charge is 2.14. The summed E-state index contributed by atoms with van der Waals surface area (Å²) in [6, 6.07) is 17.3. The van der Waals surface area contributed by atoms with Crippen molar-refractivity contribution in [3.8, 4) is 0 Å². The molecule has 0 unspecified atom stereocenters. The molecule has 0 amide bonds. The summed E-state index contributed by atoms with van der Waals surface area (Å²) in [6.45, 7) is 5.01. The Bertz CT molecular complexity index is 648. The number of hydrogen-bond donors (Lipinski definition) is 2. The van der Waals surface area contributed by atoms with Crippen molar-refractivity contribution in [1.29, 1.82) is 0 Å². The third-order valence-corrected chi connectivity index (χ3v) is 4.41. The smallest absolute Gasteiger partial charge is 0.170 e. The minimum Gasteiger partial charge on any atom is -0.361 e. The van der Waals surface area contributed by atoms with Gasteiger partial charge < -0.3 is 15.5 Å². The van der Waals surface area contributed by atoms with E-state index in [1.807, 2.05) is 12.1 Å². The van der Waals surface area contributed by atoms with Gasteiger partial charge in [0.15, 0.2) is 5.11 Å². The summed E-state index contributed by atoms with van der Waals surface area (Å²) in [6.07, 6.45) is 1.07. The molecule has 0 aliphatic carbocycles. The Morgan fingerprint density at radius 1 is 1.04 bits per heavy atom. The highest BCUT2D eigenvalue weighted by atomic mass is 32.1. The Labute approximate surface area is 151 Å². The maximum atomic E-state index is 5.42. The van der Waals surface area contributed by atoms with E-state index in [1.165, 1.54) is 16.7 Å². The van der Waals surface area contributed by atoms with Crippen LogP contribution in [0.15, 0.2) is 48.5 Å². The number of likely N-dealkylation sites (N-methyl/N-ethyl adjacent to an activating group) is 1. The first kappa shape index (κ1) is 18.4. The van der Waals surface area contributed by atoms with Gasteiger partial charge in [-0.15, -0.1) is 0 Å². The fourth-order valence-corrected chi connectivity index (χ4v) is 2.78. The zero-order chi connectivity index (χ0) is 17.5. The van der Waals surface area contributed by atoms with Gasteiger partial charge in [-0.25, -0.2) is 0 Å². The number of nitrogens with one attached hydrogen (secondary N) is 2. The van der Waals surface area contributed by atoms with Gasteiger partial charge in [0.25, 0.3) is 0 Å². The van der Waals surface area contributed by atoms with Crippen molar-refractivity contribution in [1.82, 2.24) is 10.2 Å². The zero-order valence-electron chi connectivity index (χ0n) is 15.0. The molecule has 0 aromatic heterocycles. The van der Waals surface area contributed by atoms with E-state index in [0.717, 1.165) is 18.7 Å². The zero-order valence-corrected chi connectivity index (χ0v) is 15.8. The van der Waals surface area contributed by atoms with Gasteiger partial charge in [0.05, 0.1) is 6.04 Å². The molecule has 0 saturated heterocycles. The summed E-state index contributed by atoms with van der Waals surface area (Å²) in [5.41, 5.74) is 4.90. The highest BCUT2D eigenvalue weighted by Crippen LogP contribution is 2.18. The molecule has 0 bridgehead atoms. The lowest BCUT2D eigenvalue weighted by molar-refractivity contribution is 0.299. The minimum atomic E-state index is 0.272. The fraction of sp³-hybridized carbons (Fsp3) is 0.350. The molecule has 0 aliphatic heterocycles. The summed E-state index contributed by atoms with van der Waals surface area (Å²) in [4.78, 5) is 2.21. The number of thiocarbonyl (C=S) groups is 1. The first-order valence-electron chi connectivity index (χ1n) is 8.36. The second-order valence-electron chi connectivity index (χ2n) is 6.28. The fourth-order valence-electron chi connectivity index (χ4n) is 2.58. The number of hydrogen-bond acceptors (Lipinski definition) is 2. The van der Waals surface area contributed by atoms with Crippen LogP contribution in [-0.2, 0) is 6.42 Å².